The van der Waals surface area contributed by atoms with E-state index in [1.165, 1.54) is 17.3 Å². The first kappa shape index (κ1) is 20.2. The van der Waals surface area contributed by atoms with Crippen molar-refractivity contribution in [3.05, 3.63) is 64.9 Å². The largest absolute Gasteiger partial charge is 0.465 e. The van der Waals surface area contributed by atoms with Gasteiger partial charge in [-0.2, -0.15) is 0 Å². The van der Waals surface area contributed by atoms with Crippen LogP contribution in [-0.2, 0) is 16.1 Å². The van der Waals surface area contributed by atoms with Gasteiger partial charge in [-0.15, -0.1) is 10.2 Å². The Morgan fingerprint density at radius 2 is 2.00 bits per heavy atom. The first-order chi connectivity index (χ1) is 13.6. The van der Waals surface area contributed by atoms with Crippen LogP contribution in [0.2, 0.25) is 5.02 Å². The maximum atomic E-state index is 11.7. The Bertz CT molecular complexity index is 944. The highest BCUT2D eigenvalue weighted by Gasteiger charge is 2.16. The summed E-state index contributed by atoms with van der Waals surface area (Å²) < 4.78 is 6.90. The normalized spacial score (nSPS) is 10.7. The highest BCUT2D eigenvalue weighted by molar-refractivity contribution is 7.99. The van der Waals surface area contributed by atoms with Crippen molar-refractivity contribution in [1.29, 1.82) is 0 Å². The molecule has 8 heteroatoms. The number of hydrogen-bond donors (Lipinski definition) is 1. The van der Waals surface area contributed by atoms with Gasteiger partial charge in [0.15, 0.2) is 11.0 Å². The maximum absolute atomic E-state index is 11.7. The maximum Gasteiger partial charge on any atom is 0.316 e. The van der Waals surface area contributed by atoms with Crippen molar-refractivity contribution in [1.82, 2.24) is 14.8 Å². The third kappa shape index (κ3) is 5.27. The van der Waals surface area contributed by atoms with E-state index in [4.69, 9.17) is 16.3 Å². The zero-order chi connectivity index (χ0) is 19.9. The van der Waals surface area contributed by atoms with E-state index in [1.807, 2.05) is 60.0 Å². The fourth-order valence-corrected chi connectivity index (χ4v) is 3.51. The van der Waals surface area contributed by atoms with Crippen molar-refractivity contribution in [2.24, 2.45) is 0 Å². The molecule has 0 bridgehead atoms. The number of halogens is 1. The van der Waals surface area contributed by atoms with Crippen molar-refractivity contribution in [3.8, 4) is 5.69 Å². The van der Waals surface area contributed by atoms with Crippen LogP contribution in [0.1, 0.15) is 18.3 Å². The summed E-state index contributed by atoms with van der Waals surface area (Å²) in [5, 5.41) is 13.2. The number of esters is 1. The Kier molecular flexibility index (Phi) is 6.95. The average Bonchev–Trinajstić information content (AvgIpc) is 3.09. The lowest BCUT2D eigenvalue weighted by atomic mass is 10.2. The molecular weight excluding hydrogens is 396 g/mol. The van der Waals surface area contributed by atoms with Gasteiger partial charge in [0.25, 0.3) is 0 Å². The number of aryl methyl sites for hydroxylation is 1. The van der Waals surface area contributed by atoms with Crippen LogP contribution in [-0.4, -0.2) is 33.1 Å². The number of hydrogen-bond acceptors (Lipinski definition) is 6. The molecule has 146 valence electrons. The van der Waals surface area contributed by atoms with Crippen LogP contribution >= 0.6 is 23.4 Å². The zero-order valence-corrected chi connectivity index (χ0v) is 17.3. The molecule has 0 amide bonds. The lowest BCUT2D eigenvalue weighted by Gasteiger charge is -2.12. The minimum atomic E-state index is -0.285. The van der Waals surface area contributed by atoms with Gasteiger partial charge in [0.05, 0.1) is 24.6 Å². The molecule has 2 aromatic carbocycles. The molecule has 0 atom stereocenters. The summed E-state index contributed by atoms with van der Waals surface area (Å²) in [6.45, 7) is 4.66. The molecule has 3 rings (SSSR count). The number of rotatable bonds is 8. The Morgan fingerprint density at radius 3 is 2.71 bits per heavy atom. The second-order valence-electron chi connectivity index (χ2n) is 6.03. The van der Waals surface area contributed by atoms with Crippen LogP contribution in [0, 0.1) is 6.92 Å². The van der Waals surface area contributed by atoms with E-state index in [-0.39, 0.29) is 11.7 Å². The summed E-state index contributed by atoms with van der Waals surface area (Å²) in [5.74, 6) is 0.597. The number of aromatic nitrogens is 3. The van der Waals surface area contributed by atoms with Crippen LogP contribution in [0.5, 0.6) is 0 Å². The van der Waals surface area contributed by atoms with Crippen LogP contribution < -0.4 is 5.32 Å². The molecule has 0 unspecified atom stereocenters. The van der Waals surface area contributed by atoms with E-state index in [0.29, 0.717) is 29.2 Å². The van der Waals surface area contributed by atoms with Crippen molar-refractivity contribution in [3.63, 3.8) is 0 Å². The van der Waals surface area contributed by atoms with Gasteiger partial charge in [0.1, 0.15) is 0 Å². The van der Waals surface area contributed by atoms with Crippen molar-refractivity contribution in [2.45, 2.75) is 25.5 Å². The minimum Gasteiger partial charge on any atom is -0.465 e. The molecule has 3 aromatic rings. The van der Waals surface area contributed by atoms with E-state index < -0.39 is 0 Å². The average molecular weight is 417 g/mol. The van der Waals surface area contributed by atoms with Gasteiger partial charge in [0, 0.05) is 10.7 Å². The van der Waals surface area contributed by atoms with Crippen LogP contribution in [0.25, 0.3) is 5.69 Å². The first-order valence-electron chi connectivity index (χ1n) is 8.86. The molecular formula is C20H21ClN4O2S. The number of carbonyl (C=O) groups is 1. The van der Waals surface area contributed by atoms with E-state index >= 15 is 0 Å². The van der Waals surface area contributed by atoms with E-state index in [9.17, 15) is 4.79 Å². The molecule has 6 nitrogen and oxygen atoms in total. The molecule has 1 heterocycles. The highest BCUT2D eigenvalue weighted by atomic mass is 35.5. The van der Waals surface area contributed by atoms with Crippen molar-refractivity contribution in [2.75, 3.05) is 17.7 Å². The smallest absolute Gasteiger partial charge is 0.316 e. The predicted octanol–water partition coefficient (Wildman–Crippen LogP) is 4.50. The summed E-state index contributed by atoms with van der Waals surface area (Å²) >= 11 is 7.46. The Hall–Kier alpha value is -2.51. The third-order valence-electron chi connectivity index (χ3n) is 3.89. The third-order valence-corrected chi connectivity index (χ3v) is 5.03. The van der Waals surface area contributed by atoms with Crippen LogP contribution in [0.3, 0.4) is 0 Å². The Morgan fingerprint density at radius 1 is 1.21 bits per heavy atom. The number of carbonyl (C=O) groups excluding carboxylic acids is 1. The quantitative estimate of drug-likeness (QED) is 0.430. The molecule has 0 aliphatic carbocycles. The van der Waals surface area contributed by atoms with Crippen molar-refractivity contribution < 1.29 is 9.53 Å². The number of thioether (sulfide) groups is 1. The molecule has 0 spiro atoms. The molecule has 0 aliphatic heterocycles. The monoisotopic (exact) mass is 416 g/mol. The van der Waals surface area contributed by atoms with Crippen LogP contribution in [0.4, 0.5) is 5.69 Å². The predicted molar refractivity (Wildman–Crippen MR) is 112 cm³/mol. The fourth-order valence-electron chi connectivity index (χ4n) is 2.56. The van der Waals surface area contributed by atoms with E-state index in [0.717, 1.165) is 11.4 Å². The molecule has 0 aliphatic rings. The fraction of sp³-hybridized carbons (Fsp3) is 0.250. The second kappa shape index (κ2) is 9.61. The second-order valence-corrected chi connectivity index (χ2v) is 7.41. The molecule has 28 heavy (non-hydrogen) atoms. The van der Waals surface area contributed by atoms with Crippen molar-refractivity contribution >= 4 is 35.0 Å². The van der Waals surface area contributed by atoms with E-state index in [2.05, 4.69) is 15.5 Å². The van der Waals surface area contributed by atoms with E-state index in [1.54, 1.807) is 6.92 Å². The molecule has 1 N–H and O–H groups in total. The lowest BCUT2D eigenvalue weighted by molar-refractivity contribution is -0.139. The zero-order valence-electron chi connectivity index (χ0n) is 15.7. The standard InChI is InChI=1S/C20H21ClN4O2S/c1-3-27-19(26)13-28-20-24-23-18(12-22-16-9-7-14(2)8-10-16)25(20)17-6-4-5-15(21)11-17/h4-11,22H,3,12-13H2,1-2H3. The molecule has 0 saturated heterocycles. The van der Waals surface area contributed by atoms with Gasteiger partial charge >= 0.3 is 5.97 Å². The summed E-state index contributed by atoms with van der Waals surface area (Å²) in [5.41, 5.74) is 3.03. The van der Waals surface area contributed by atoms with Gasteiger partial charge in [-0.05, 0) is 44.2 Å². The summed E-state index contributed by atoms with van der Waals surface area (Å²) in [6, 6.07) is 15.6. The highest BCUT2D eigenvalue weighted by Crippen LogP contribution is 2.24. The summed E-state index contributed by atoms with van der Waals surface area (Å²) in [6.07, 6.45) is 0. The Labute approximate surface area is 173 Å². The first-order valence-corrected chi connectivity index (χ1v) is 10.2. The van der Waals surface area contributed by atoms with Crippen LogP contribution in [0.15, 0.2) is 53.7 Å². The molecule has 1 aromatic heterocycles. The van der Waals surface area contributed by atoms with Gasteiger partial charge in [-0.25, -0.2) is 0 Å². The number of nitrogens with one attached hydrogen (secondary N) is 1. The van der Waals surface area contributed by atoms with Gasteiger partial charge < -0.3 is 10.1 Å². The molecule has 0 saturated carbocycles. The number of anilines is 1. The lowest BCUT2D eigenvalue weighted by Crippen LogP contribution is -2.10. The van der Waals surface area contributed by atoms with Gasteiger partial charge in [-0.3, -0.25) is 9.36 Å². The minimum absolute atomic E-state index is 0.165. The number of ether oxygens (including phenoxy) is 1. The topological polar surface area (TPSA) is 69.0 Å². The van der Waals surface area contributed by atoms with Gasteiger partial charge in [0.2, 0.25) is 0 Å². The Balaban J connectivity index is 1.84. The van der Waals surface area contributed by atoms with Gasteiger partial charge in [-0.1, -0.05) is 47.1 Å². The summed E-state index contributed by atoms with van der Waals surface area (Å²) in [7, 11) is 0. The molecule has 0 fully saturated rings. The summed E-state index contributed by atoms with van der Waals surface area (Å²) in [4.78, 5) is 11.7. The SMILES string of the molecule is CCOC(=O)CSc1nnc(CNc2ccc(C)cc2)n1-c1cccc(Cl)c1. The number of nitrogens with zero attached hydrogens (tertiary/aromatic N) is 3. The molecule has 0 radical (unpaired) electrons. The number of benzene rings is 2.